The number of hydrogen-bond acceptors (Lipinski definition) is 6. The molecular weight excluding hydrogens is 258 g/mol. The van der Waals surface area contributed by atoms with Crippen molar-refractivity contribution in [1.29, 1.82) is 0 Å². The first-order chi connectivity index (χ1) is 9.43. The van der Waals surface area contributed by atoms with E-state index < -0.39 is 11.9 Å². The van der Waals surface area contributed by atoms with Crippen molar-refractivity contribution < 1.29 is 9.90 Å². The van der Waals surface area contributed by atoms with Gasteiger partial charge in [-0.2, -0.15) is 9.97 Å². The van der Waals surface area contributed by atoms with Crippen LogP contribution in [0.2, 0.25) is 0 Å². The molecule has 0 fully saturated rings. The van der Waals surface area contributed by atoms with Crippen LogP contribution in [0.15, 0.2) is 6.07 Å². The molecule has 0 aliphatic rings. The predicted molar refractivity (Wildman–Crippen MR) is 79.9 cm³/mol. The Hall–Kier alpha value is -2.05. The quantitative estimate of drug-likeness (QED) is 0.619. The fraction of sp³-hybridized carbons (Fsp3) is 0.615. The molecule has 0 saturated carbocycles. The lowest BCUT2D eigenvalue weighted by Crippen LogP contribution is -2.29. The van der Waals surface area contributed by atoms with Crippen LogP contribution in [-0.4, -0.2) is 41.2 Å². The van der Waals surface area contributed by atoms with Gasteiger partial charge in [0.05, 0.1) is 5.92 Å². The van der Waals surface area contributed by atoms with Gasteiger partial charge in [0.2, 0.25) is 5.95 Å². The number of anilines is 3. The molecule has 0 spiro atoms. The van der Waals surface area contributed by atoms with E-state index in [-0.39, 0.29) is 5.95 Å². The van der Waals surface area contributed by atoms with Gasteiger partial charge in [-0.1, -0.05) is 20.3 Å². The van der Waals surface area contributed by atoms with Gasteiger partial charge in [0, 0.05) is 26.2 Å². The van der Waals surface area contributed by atoms with Crippen LogP contribution < -0.4 is 16.0 Å². The van der Waals surface area contributed by atoms with E-state index in [1.807, 2.05) is 0 Å². The predicted octanol–water partition coefficient (Wildman–Crippen LogP) is 1.43. The van der Waals surface area contributed by atoms with Gasteiger partial charge in [0.1, 0.15) is 11.6 Å². The number of nitrogens with zero attached hydrogens (tertiary/aromatic N) is 3. The molecule has 0 bridgehead atoms. The van der Waals surface area contributed by atoms with E-state index in [1.165, 1.54) is 0 Å². The van der Waals surface area contributed by atoms with E-state index in [1.54, 1.807) is 24.9 Å². The molecule has 20 heavy (non-hydrogen) atoms. The summed E-state index contributed by atoms with van der Waals surface area (Å²) in [5.74, 6) is 0.143. The van der Waals surface area contributed by atoms with Gasteiger partial charge >= 0.3 is 5.97 Å². The standard InChI is InChI=1S/C13H23N5O2/c1-4-5-6-15-10-7-11(17-13(14)16-10)18(3)8-9(2)12(19)20/h7,9H,4-6,8H2,1-3H3,(H,19,20)(H3,14,15,16,17). The second-order valence-corrected chi connectivity index (χ2v) is 4.87. The van der Waals surface area contributed by atoms with Crippen molar-refractivity contribution in [1.82, 2.24) is 9.97 Å². The zero-order chi connectivity index (χ0) is 15.1. The van der Waals surface area contributed by atoms with Crippen LogP contribution in [0.3, 0.4) is 0 Å². The molecule has 1 unspecified atom stereocenters. The molecule has 0 saturated heterocycles. The number of hydrogen-bond donors (Lipinski definition) is 3. The number of nitrogens with two attached hydrogens (primary N) is 1. The summed E-state index contributed by atoms with van der Waals surface area (Å²) in [6, 6.07) is 1.78. The number of nitrogen functional groups attached to an aromatic ring is 1. The second-order valence-electron chi connectivity index (χ2n) is 4.87. The number of unbranched alkanes of at least 4 members (excludes halogenated alkanes) is 1. The molecule has 4 N–H and O–H groups in total. The average molecular weight is 281 g/mol. The largest absolute Gasteiger partial charge is 0.481 e. The minimum absolute atomic E-state index is 0.177. The third-order valence-electron chi connectivity index (χ3n) is 2.93. The Morgan fingerprint density at radius 2 is 2.25 bits per heavy atom. The molecule has 0 radical (unpaired) electrons. The Morgan fingerprint density at radius 1 is 1.55 bits per heavy atom. The van der Waals surface area contributed by atoms with Crippen molar-refractivity contribution in [2.75, 3.05) is 36.1 Å². The monoisotopic (exact) mass is 281 g/mol. The smallest absolute Gasteiger partial charge is 0.308 e. The number of carboxylic acid groups (broad SMARTS) is 1. The molecule has 0 amide bonds. The highest BCUT2D eigenvalue weighted by Gasteiger charge is 2.15. The molecule has 1 aromatic rings. The minimum Gasteiger partial charge on any atom is -0.481 e. The number of aromatic nitrogens is 2. The summed E-state index contributed by atoms with van der Waals surface area (Å²) in [7, 11) is 1.79. The molecule has 0 aliphatic heterocycles. The average Bonchev–Trinajstić information content (AvgIpc) is 2.38. The Labute approximate surface area is 119 Å². The van der Waals surface area contributed by atoms with Gasteiger partial charge in [0.25, 0.3) is 0 Å². The number of nitrogens with one attached hydrogen (secondary N) is 1. The molecular formula is C13H23N5O2. The van der Waals surface area contributed by atoms with Crippen molar-refractivity contribution in [3.63, 3.8) is 0 Å². The third-order valence-corrected chi connectivity index (χ3v) is 2.93. The molecule has 1 rings (SSSR count). The molecule has 0 aliphatic carbocycles. The summed E-state index contributed by atoms with van der Waals surface area (Å²) >= 11 is 0. The van der Waals surface area contributed by atoms with Crippen LogP contribution in [0.25, 0.3) is 0 Å². The SMILES string of the molecule is CCCCNc1cc(N(C)CC(C)C(=O)O)nc(N)n1. The lowest BCUT2D eigenvalue weighted by atomic mass is 10.2. The Kier molecular flexibility index (Phi) is 6.02. The Morgan fingerprint density at radius 3 is 2.85 bits per heavy atom. The van der Waals surface area contributed by atoms with Gasteiger partial charge in [0.15, 0.2) is 0 Å². The van der Waals surface area contributed by atoms with Crippen LogP contribution in [0.1, 0.15) is 26.7 Å². The molecule has 1 atom stereocenters. The summed E-state index contributed by atoms with van der Waals surface area (Å²) < 4.78 is 0. The Balaban J connectivity index is 2.75. The van der Waals surface area contributed by atoms with E-state index in [0.29, 0.717) is 18.2 Å². The lowest BCUT2D eigenvalue weighted by molar-refractivity contribution is -0.140. The van der Waals surface area contributed by atoms with Crippen molar-refractivity contribution in [2.45, 2.75) is 26.7 Å². The summed E-state index contributed by atoms with van der Waals surface area (Å²) in [6.07, 6.45) is 2.14. The first-order valence-electron chi connectivity index (χ1n) is 6.76. The van der Waals surface area contributed by atoms with Gasteiger partial charge in [-0.25, -0.2) is 0 Å². The van der Waals surface area contributed by atoms with E-state index in [0.717, 1.165) is 19.4 Å². The fourth-order valence-electron chi connectivity index (χ4n) is 1.71. The van der Waals surface area contributed by atoms with E-state index in [4.69, 9.17) is 10.8 Å². The van der Waals surface area contributed by atoms with Gasteiger partial charge < -0.3 is 21.1 Å². The molecule has 1 heterocycles. The molecule has 112 valence electrons. The van der Waals surface area contributed by atoms with Crippen molar-refractivity contribution >= 4 is 23.6 Å². The highest BCUT2D eigenvalue weighted by molar-refractivity contribution is 5.70. The van der Waals surface area contributed by atoms with Gasteiger partial charge in [-0.15, -0.1) is 0 Å². The summed E-state index contributed by atoms with van der Waals surface area (Å²) in [6.45, 7) is 4.95. The first-order valence-corrected chi connectivity index (χ1v) is 6.76. The lowest BCUT2D eigenvalue weighted by Gasteiger charge is -2.21. The summed E-state index contributed by atoms with van der Waals surface area (Å²) in [4.78, 5) is 20.9. The van der Waals surface area contributed by atoms with Gasteiger partial charge in [-0.05, 0) is 6.42 Å². The first kappa shape index (κ1) is 16.0. The van der Waals surface area contributed by atoms with E-state index in [2.05, 4.69) is 22.2 Å². The highest BCUT2D eigenvalue weighted by atomic mass is 16.4. The maximum atomic E-state index is 10.9. The summed E-state index contributed by atoms with van der Waals surface area (Å²) in [5, 5.41) is 12.1. The summed E-state index contributed by atoms with van der Waals surface area (Å²) in [5.41, 5.74) is 5.69. The Bertz CT molecular complexity index is 452. The second kappa shape index (κ2) is 7.52. The zero-order valence-corrected chi connectivity index (χ0v) is 12.3. The zero-order valence-electron chi connectivity index (χ0n) is 12.3. The number of rotatable bonds is 8. The number of carboxylic acids is 1. The number of aliphatic carboxylic acids is 1. The molecule has 1 aromatic heterocycles. The third kappa shape index (κ3) is 4.91. The fourth-order valence-corrected chi connectivity index (χ4v) is 1.71. The highest BCUT2D eigenvalue weighted by Crippen LogP contribution is 2.17. The molecule has 7 nitrogen and oxygen atoms in total. The van der Waals surface area contributed by atoms with Crippen molar-refractivity contribution in [3.05, 3.63) is 6.07 Å². The van der Waals surface area contributed by atoms with Crippen LogP contribution in [-0.2, 0) is 4.79 Å². The molecule has 7 heteroatoms. The maximum absolute atomic E-state index is 10.9. The maximum Gasteiger partial charge on any atom is 0.308 e. The van der Waals surface area contributed by atoms with E-state index in [9.17, 15) is 4.79 Å². The normalized spacial score (nSPS) is 11.9. The van der Waals surface area contributed by atoms with Crippen LogP contribution in [0, 0.1) is 5.92 Å². The number of carbonyl (C=O) groups is 1. The topological polar surface area (TPSA) is 104 Å². The van der Waals surface area contributed by atoms with E-state index >= 15 is 0 Å². The van der Waals surface area contributed by atoms with Crippen LogP contribution in [0.5, 0.6) is 0 Å². The molecule has 0 aromatic carbocycles. The minimum atomic E-state index is -0.833. The van der Waals surface area contributed by atoms with Crippen LogP contribution in [0.4, 0.5) is 17.6 Å². The van der Waals surface area contributed by atoms with Crippen LogP contribution >= 0.6 is 0 Å². The van der Waals surface area contributed by atoms with Crippen molar-refractivity contribution in [2.24, 2.45) is 5.92 Å². The van der Waals surface area contributed by atoms with Gasteiger partial charge in [-0.3, -0.25) is 4.79 Å². The van der Waals surface area contributed by atoms with Crippen molar-refractivity contribution in [3.8, 4) is 0 Å².